The Bertz CT molecular complexity index is 396. The third-order valence-corrected chi connectivity index (χ3v) is 4.44. The van der Waals surface area contributed by atoms with E-state index in [9.17, 15) is 8.78 Å². The molecule has 1 aromatic heterocycles. The van der Waals surface area contributed by atoms with E-state index >= 15 is 0 Å². The molecule has 0 unspecified atom stereocenters. The van der Waals surface area contributed by atoms with Crippen molar-refractivity contribution >= 4 is 0 Å². The lowest BCUT2D eigenvalue weighted by molar-refractivity contribution is 0.0665. The number of nitrogens with zero attached hydrogens (tertiary/aromatic N) is 2. The molecule has 1 aliphatic carbocycles. The number of hydrogen-bond acceptors (Lipinski definition) is 2. The van der Waals surface area contributed by atoms with Crippen molar-refractivity contribution in [1.82, 2.24) is 14.9 Å². The lowest BCUT2D eigenvalue weighted by atomic mass is 10.0. The van der Waals surface area contributed by atoms with Crippen molar-refractivity contribution in [3.63, 3.8) is 0 Å². The van der Waals surface area contributed by atoms with Gasteiger partial charge < -0.3 is 5.32 Å². The minimum absolute atomic E-state index is 0.204. The van der Waals surface area contributed by atoms with Gasteiger partial charge in [-0.2, -0.15) is 8.78 Å². The summed E-state index contributed by atoms with van der Waals surface area (Å²) in [5, 5.41) is 3.32. The fourth-order valence-corrected chi connectivity index (χ4v) is 2.56. The zero-order valence-electron chi connectivity index (χ0n) is 10.7. The second-order valence-electron chi connectivity index (χ2n) is 5.79. The fraction of sp³-hybridized carbons (Fsp3) is 0.750. The minimum atomic E-state index is -2.52. The Morgan fingerprint density at radius 2 is 1.94 bits per heavy atom. The highest BCUT2D eigenvalue weighted by atomic mass is 19.3. The van der Waals surface area contributed by atoms with Gasteiger partial charge in [-0.3, -0.25) is 4.57 Å². The van der Waals surface area contributed by atoms with Gasteiger partial charge in [0.1, 0.15) is 5.82 Å². The monoisotopic (exact) mass is 243 g/mol. The van der Waals surface area contributed by atoms with Crippen LogP contribution in [0, 0.1) is 10.8 Å². The summed E-state index contributed by atoms with van der Waals surface area (Å²) in [6, 6.07) is 0.345. The first-order valence-corrected chi connectivity index (χ1v) is 5.81. The molecular formula is C12H19F2N3. The van der Waals surface area contributed by atoms with Gasteiger partial charge in [0, 0.05) is 18.4 Å². The molecule has 0 saturated heterocycles. The Morgan fingerprint density at radius 1 is 1.35 bits per heavy atom. The fourth-order valence-electron chi connectivity index (χ4n) is 2.56. The maximum Gasteiger partial charge on any atom is 0.319 e. The van der Waals surface area contributed by atoms with Crippen LogP contribution in [0.25, 0.3) is 0 Å². The third-order valence-electron chi connectivity index (χ3n) is 4.44. The average molecular weight is 243 g/mol. The minimum Gasteiger partial charge on any atom is -0.306 e. The largest absolute Gasteiger partial charge is 0.319 e. The Kier molecular flexibility index (Phi) is 2.77. The molecule has 1 saturated carbocycles. The summed E-state index contributed by atoms with van der Waals surface area (Å²) in [7, 11) is 0. The van der Waals surface area contributed by atoms with Crippen LogP contribution in [0.15, 0.2) is 12.4 Å². The first-order chi connectivity index (χ1) is 7.78. The molecule has 3 nitrogen and oxygen atoms in total. The summed E-state index contributed by atoms with van der Waals surface area (Å²) in [6.07, 6.45) is 2.72. The lowest BCUT2D eigenvalue weighted by Crippen LogP contribution is -2.24. The molecule has 0 aliphatic heterocycles. The zero-order valence-corrected chi connectivity index (χ0v) is 10.7. The quantitative estimate of drug-likeness (QED) is 0.881. The number of alkyl halides is 2. The lowest BCUT2D eigenvalue weighted by Gasteiger charge is -2.08. The van der Waals surface area contributed by atoms with E-state index in [0.29, 0.717) is 18.4 Å². The van der Waals surface area contributed by atoms with Gasteiger partial charge in [-0.05, 0) is 10.8 Å². The number of halogens is 2. The van der Waals surface area contributed by atoms with E-state index in [-0.39, 0.29) is 10.8 Å². The molecule has 1 N–H and O–H groups in total. The molecular weight excluding hydrogens is 224 g/mol. The molecule has 5 heteroatoms. The van der Waals surface area contributed by atoms with Crippen LogP contribution in [0.4, 0.5) is 8.78 Å². The highest BCUT2D eigenvalue weighted by molar-refractivity contribution is 5.18. The zero-order chi connectivity index (χ0) is 12.8. The molecule has 0 amide bonds. The van der Waals surface area contributed by atoms with Crippen molar-refractivity contribution in [2.75, 3.05) is 0 Å². The molecule has 1 fully saturated rings. The van der Waals surface area contributed by atoms with E-state index in [1.807, 2.05) is 0 Å². The molecule has 96 valence electrons. The molecule has 0 radical (unpaired) electrons. The van der Waals surface area contributed by atoms with E-state index in [4.69, 9.17) is 0 Å². The summed E-state index contributed by atoms with van der Waals surface area (Å²) < 4.78 is 26.1. The van der Waals surface area contributed by atoms with Gasteiger partial charge in [-0.15, -0.1) is 0 Å². The number of nitrogens with one attached hydrogen (secondary N) is 1. The van der Waals surface area contributed by atoms with Crippen LogP contribution >= 0.6 is 0 Å². The van der Waals surface area contributed by atoms with Gasteiger partial charge in [0.25, 0.3) is 0 Å². The normalized spacial score (nSPS) is 22.1. The summed E-state index contributed by atoms with van der Waals surface area (Å²) in [5.41, 5.74) is 0.407. The number of aromatic nitrogens is 2. The van der Waals surface area contributed by atoms with Crippen molar-refractivity contribution in [2.45, 2.75) is 46.8 Å². The maximum atomic E-state index is 12.6. The van der Waals surface area contributed by atoms with E-state index in [1.165, 1.54) is 12.4 Å². The van der Waals surface area contributed by atoms with E-state index in [0.717, 1.165) is 4.57 Å². The van der Waals surface area contributed by atoms with Crippen LogP contribution in [0.3, 0.4) is 0 Å². The average Bonchev–Trinajstić information content (AvgIpc) is 2.56. The van der Waals surface area contributed by atoms with Crippen LogP contribution in [-0.2, 0) is 6.54 Å². The SMILES string of the molecule is CC1(C)C(NCc2nccn2C(F)F)C1(C)C. The molecule has 0 spiro atoms. The topological polar surface area (TPSA) is 29.9 Å². The van der Waals surface area contributed by atoms with Crippen LogP contribution in [0.1, 0.15) is 40.1 Å². The predicted molar refractivity (Wildman–Crippen MR) is 61.7 cm³/mol. The van der Waals surface area contributed by atoms with Crippen molar-refractivity contribution in [1.29, 1.82) is 0 Å². The van der Waals surface area contributed by atoms with Gasteiger partial charge in [0.05, 0.1) is 6.54 Å². The van der Waals surface area contributed by atoms with Gasteiger partial charge in [0.15, 0.2) is 0 Å². The smallest absolute Gasteiger partial charge is 0.306 e. The molecule has 17 heavy (non-hydrogen) atoms. The van der Waals surface area contributed by atoms with Crippen molar-refractivity contribution in [2.24, 2.45) is 10.8 Å². The highest BCUT2D eigenvalue weighted by Gasteiger charge is 2.64. The number of rotatable bonds is 4. The Hall–Kier alpha value is -0.970. The molecule has 1 aliphatic rings. The summed E-state index contributed by atoms with van der Waals surface area (Å²) in [5.74, 6) is 0.388. The molecule has 0 aromatic carbocycles. The standard InChI is InChI=1S/C12H19F2N3/c1-11(2)9(12(11,3)4)16-7-8-15-5-6-17(8)10(13)14/h5-6,9-10,16H,7H2,1-4H3. The van der Waals surface area contributed by atoms with Crippen LogP contribution < -0.4 is 5.32 Å². The number of imidazole rings is 1. The highest BCUT2D eigenvalue weighted by Crippen LogP contribution is 2.62. The summed E-state index contributed by atoms with van der Waals surface area (Å²) in [6.45, 7) is 6.60. The van der Waals surface area contributed by atoms with E-state index in [2.05, 4.69) is 38.0 Å². The molecule has 0 bridgehead atoms. The maximum absolute atomic E-state index is 12.6. The summed E-state index contributed by atoms with van der Waals surface area (Å²) >= 11 is 0. The second-order valence-corrected chi connectivity index (χ2v) is 5.79. The Balaban J connectivity index is 1.98. The van der Waals surface area contributed by atoms with Gasteiger partial charge in [-0.25, -0.2) is 4.98 Å². The third kappa shape index (κ3) is 1.86. The van der Waals surface area contributed by atoms with Crippen LogP contribution in [-0.4, -0.2) is 15.6 Å². The van der Waals surface area contributed by atoms with Gasteiger partial charge >= 0.3 is 6.55 Å². The first-order valence-electron chi connectivity index (χ1n) is 5.81. The number of hydrogen-bond donors (Lipinski definition) is 1. The van der Waals surface area contributed by atoms with Gasteiger partial charge in [-0.1, -0.05) is 27.7 Å². The molecule has 1 aromatic rings. The van der Waals surface area contributed by atoms with E-state index < -0.39 is 6.55 Å². The van der Waals surface area contributed by atoms with Crippen molar-refractivity contribution < 1.29 is 8.78 Å². The van der Waals surface area contributed by atoms with Gasteiger partial charge in [0.2, 0.25) is 0 Å². The van der Waals surface area contributed by atoms with Crippen LogP contribution in [0.2, 0.25) is 0 Å². The second kappa shape index (κ2) is 3.77. The first kappa shape index (κ1) is 12.5. The van der Waals surface area contributed by atoms with Crippen LogP contribution in [0.5, 0.6) is 0 Å². The van der Waals surface area contributed by atoms with Crippen molar-refractivity contribution in [3.05, 3.63) is 18.2 Å². The Morgan fingerprint density at radius 3 is 2.41 bits per heavy atom. The molecule has 2 rings (SSSR count). The predicted octanol–water partition coefficient (Wildman–Crippen LogP) is 2.80. The summed E-state index contributed by atoms with van der Waals surface area (Å²) in [4.78, 5) is 3.95. The Labute approximate surface area is 100 Å². The molecule has 0 atom stereocenters. The van der Waals surface area contributed by atoms with Crippen molar-refractivity contribution in [3.8, 4) is 0 Å². The van der Waals surface area contributed by atoms with E-state index in [1.54, 1.807) is 0 Å². The molecule has 1 heterocycles.